The van der Waals surface area contributed by atoms with Gasteiger partial charge >= 0.3 is 0 Å². The van der Waals surface area contributed by atoms with Crippen molar-refractivity contribution in [1.82, 2.24) is 5.32 Å². The van der Waals surface area contributed by atoms with Crippen molar-refractivity contribution >= 4 is 33.0 Å². The van der Waals surface area contributed by atoms with Crippen LogP contribution in [0.15, 0.2) is 47.8 Å². The summed E-state index contributed by atoms with van der Waals surface area (Å²) in [6.07, 6.45) is 2.60. The van der Waals surface area contributed by atoms with Crippen molar-refractivity contribution in [3.8, 4) is 11.1 Å². The zero-order valence-corrected chi connectivity index (χ0v) is 13.2. The zero-order chi connectivity index (χ0) is 14.2. The molecule has 106 valence electrons. The molecule has 0 spiro atoms. The second kappa shape index (κ2) is 5.45. The lowest BCUT2D eigenvalue weighted by molar-refractivity contribution is 0.689. The monoisotopic (exact) mass is 313 g/mol. The van der Waals surface area contributed by atoms with Crippen LogP contribution in [0.1, 0.15) is 18.4 Å². The largest absolute Gasteiger partial charge is 0.310 e. The van der Waals surface area contributed by atoms with Gasteiger partial charge in [0, 0.05) is 22.3 Å². The quantitative estimate of drug-likeness (QED) is 0.673. The van der Waals surface area contributed by atoms with E-state index in [1.54, 1.807) is 11.3 Å². The first-order valence-electron chi connectivity index (χ1n) is 7.30. The molecule has 3 aromatic rings. The minimum Gasteiger partial charge on any atom is -0.310 e. The molecule has 1 heterocycles. The summed E-state index contributed by atoms with van der Waals surface area (Å²) in [5, 5.41) is 7.88. The van der Waals surface area contributed by atoms with Gasteiger partial charge in [-0.05, 0) is 58.5 Å². The molecule has 0 aliphatic heterocycles. The average molecular weight is 314 g/mol. The predicted molar refractivity (Wildman–Crippen MR) is 92.1 cm³/mol. The summed E-state index contributed by atoms with van der Waals surface area (Å²) in [5.41, 5.74) is 3.89. The molecule has 2 aromatic carbocycles. The highest BCUT2D eigenvalue weighted by Gasteiger charge is 2.21. The van der Waals surface area contributed by atoms with E-state index in [9.17, 15) is 0 Å². The van der Waals surface area contributed by atoms with Crippen molar-refractivity contribution in [2.45, 2.75) is 25.4 Å². The first-order valence-corrected chi connectivity index (χ1v) is 8.55. The van der Waals surface area contributed by atoms with Crippen molar-refractivity contribution in [3.05, 3.63) is 58.4 Å². The topological polar surface area (TPSA) is 12.0 Å². The van der Waals surface area contributed by atoms with Crippen LogP contribution in [0.2, 0.25) is 5.02 Å². The Kier molecular flexibility index (Phi) is 3.46. The molecule has 1 aromatic heterocycles. The molecule has 0 unspecified atom stereocenters. The molecule has 0 radical (unpaired) electrons. The Hall–Kier alpha value is -1.35. The molecular formula is C18H16ClNS. The molecule has 1 fully saturated rings. The molecule has 0 atom stereocenters. The minimum absolute atomic E-state index is 0.703. The number of hydrogen-bond donors (Lipinski definition) is 1. The number of fused-ring (bicyclic) bond motifs is 1. The summed E-state index contributed by atoms with van der Waals surface area (Å²) in [6.45, 7) is 0.891. The molecule has 3 heteroatoms. The fourth-order valence-corrected chi connectivity index (χ4v) is 3.84. The van der Waals surface area contributed by atoms with Crippen molar-refractivity contribution in [3.63, 3.8) is 0 Å². The van der Waals surface area contributed by atoms with E-state index in [4.69, 9.17) is 11.6 Å². The average Bonchev–Trinajstić information content (AvgIpc) is 3.20. The molecule has 4 rings (SSSR count). The van der Waals surface area contributed by atoms with Crippen LogP contribution in [0.4, 0.5) is 0 Å². The van der Waals surface area contributed by atoms with Gasteiger partial charge in [0.25, 0.3) is 0 Å². The van der Waals surface area contributed by atoms with Crippen LogP contribution in [0.25, 0.3) is 21.2 Å². The number of nitrogens with one attached hydrogen (secondary N) is 1. The van der Waals surface area contributed by atoms with Gasteiger partial charge in [0.1, 0.15) is 0 Å². The number of thiophene rings is 1. The van der Waals surface area contributed by atoms with E-state index in [-0.39, 0.29) is 0 Å². The lowest BCUT2D eigenvalue weighted by Gasteiger charge is -2.12. The summed E-state index contributed by atoms with van der Waals surface area (Å²) in [5.74, 6) is 0. The lowest BCUT2D eigenvalue weighted by Crippen LogP contribution is -2.15. The molecule has 0 saturated heterocycles. The minimum atomic E-state index is 0.703. The number of halogens is 1. The van der Waals surface area contributed by atoms with Crippen LogP contribution in [0.5, 0.6) is 0 Å². The first kappa shape index (κ1) is 13.3. The van der Waals surface area contributed by atoms with Gasteiger partial charge in [-0.1, -0.05) is 35.9 Å². The molecule has 1 nitrogen and oxygen atoms in total. The van der Waals surface area contributed by atoms with Crippen LogP contribution in [-0.2, 0) is 6.54 Å². The van der Waals surface area contributed by atoms with Gasteiger partial charge in [0.2, 0.25) is 0 Å². The maximum atomic E-state index is 6.21. The molecular weight excluding hydrogens is 298 g/mol. The Labute approximate surface area is 133 Å². The molecule has 21 heavy (non-hydrogen) atoms. The smallest absolute Gasteiger partial charge is 0.0421 e. The van der Waals surface area contributed by atoms with Gasteiger partial charge in [-0.25, -0.2) is 0 Å². The summed E-state index contributed by atoms with van der Waals surface area (Å²) in [4.78, 5) is 0. The Balaban J connectivity index is 1.80. The lowest BCUT2D eigenvalue weighted by atomic mass is 9.98. The van der Waals surface area contributed by atoms with Gasteiger partial charge in [0.05, 0.1) is 0 Å². The van der Waals surface area contributed by atoms with Crippen LogP contribution < -0.4 is 5.32 Å². The van der Waals surface area contributed by atoms with E-state index < -0.39 is 0 Å². The van der Waals surface area contributed by atoms with Crippen LogP contribution in [0, 0.1) is 0 Å². The first-order chi connectivity index (χ1) is 10.3. The highest BCUT2D eigenvalue weighted by molar-refractivity contribution is 7.17. The Morgan fingerprint density at radius 1 is 1.10 bits per heavy atom. The second-order valence-electron chi connectivity index (χ2n) is 5.60. The maximum absolute atomic E-state index is 6.21. The van der Waals surface area contributed by atoms with Gasteiger partial charge < -0.3 is 5.32 Å². The fourth-order valence-electron chi connectivity index (χ4n) is 2.72. The predicted octanol–water partition coefficient (Wildman–Crippen LogP) is 5.47. The Morgan fingerprint density at radius 3 is 2.86 bits per heavy atom. The number of hydrogen-bond acceptors (Lipinski definition) is 2. The standard InChI is InChI=1S/C18H16ClNS/c19-14-4-7-16(13(10-14)11-20-15-5-6-15)17-3-1-2-12-8-9-21-18(12)17/h1-4,7-10,15,20H,5-6,11H2. The molecule has 1 N–H and O–H groups in total. The van der Waals surface area contributed by atoms with Crippen LogP contribution in [-0.4, -0.2) is 6.04 Å². The summed E-state index contributed by atoms with van der Waals surface area (Å²) in [7, 11) is 0. The van der Waals surface area contributed by atoms with Crippen molar-refractivity contribution in [2.75, 3.05) is 0 Å². The van der Waals surface area contributed by atoms with E-state index in [2.05, 4.69) is 47.1 Å². The van der Waals surface area contributed by atoms with Gasteiger partial charge in [-0.15, -0.1) is 11.3 Å². The number of benzene rings is 2. The van der Waals surface area contributed by atoms with E-state index in [1.165, 1.54) is 39.6 Å². The van der Waals surface area contributed by atoms with Crippen molar-refractivity contribution in [2.24, 2.45) is 0 Å². The van der Waals surface area contributed by atoms with E-state index in [0.29, 0.717) is 6.04 Å². The third kappa shape index (κ3) is 2.71. The van der Waals surface area contributed by atoms with Crippen LogP contribution in [0.3, 0.4) is 0 Å². The van der Waals surface area contributed by atoms with Crippen molar-refractivity contribution in [1.29, 1.82) is 0 Å². The summed E-state index contributed by atoms with van der Waals surface area (Å²) < 4.78 is 1.35. The van der Waals surface area contributed by atoms with Gasteiger partial charge in [-0.2, -0.15) is 0 Å². The zero-order valence-electron chi connectivity index (χ0n) is 11.6. The van der Waals surface area contributed by atoms with E-state index >= 15 is 0 Å². The maximum Gasteiger partial charge on any atom is 0.0421 e. The normalized spacial score (nSPS) is 14.7. The summed E-state index contributed by atoms with van der Waals surface area (Å²) >= 11 is 8.01. The molecule has 1 aliphatic carbocycles. The fraction of sp³-hybridized carbons (Fsp3) is 0.222. The van der Waals surface area contributed by atoms with E-state index in [0.717, 1.165) is 11.6 Å². The molecule has 1 aliphatic rings. The van der Waals surface area contributed by atoms with Crippen LogP contribution >= 0.6 is 22.9 Å². The Morgan fingerprint density at radius 2 is 2.00 bits per heavy atom. The molecule has 0 amide bonds. The SMILES string of the molecule is Clc1ccc(-c2cccc3ccsc23)c(CNC2CC2)c1. The third-order valence-electron chi connectivity index (χ3n) is 3.99. The highest BCUT2D eigenvalue weighted by Crippen LogP contribution is 2.35. The second-order valence-corrected chi connectivity index (χ2v) is 6.95. The van der Waals surface area contributed by atoms with Gasteiger partial charge in [-0.3, -0.25) is 0 Å². The third-order valence-corrected chi connectivity index (χ3v) is 5.19. The molecule has 1 saturated carbocycles. The van der Waals surface area contributed by atoms with Crippen molar-refractivity contribution < 1.29 is 0 Å². The summed E-state index contributed by atoms with van der Waals surface area (Å²) in [6, 6.07) is 15.6. The highest BCUT2D eigenvalue weighted by atomic mass is 35.5. The van der Waals surface area contributed by atoms with E-state index in [1.807, 2.05) is 6.07 Å². The van der Waals surface area contributed by atoms with Gasteiger partial charge in [0.15, 0.2) is 0 Å². The molecule has 0 bridgehead atoms. The number of rotatable bonds is 4. The Bertz CT molecular complexity index is 789.